The Morgan fingerprint density at radius 2 is 1.94 bits per heavy atom. The van der Waals surface area contributed by atoms with Crippen LogP contribution in [-0.4, -0.2) is 14.2 Å². The van der Waals surface area contributed by atoms with E-state index in [0.717, 1.165) is 12.0 Å². The topological polar surface area (TPSA) is 70.0 Å². The SMILES string of the molecule is CCCCS(=O)(=O)Nc1ccc(CC#N)cc1. The number of hydrogen-bond acceptors (Lipinski definition) is 3. The highest BCUT2D eigenvalue weighted by Gasteiger charge is 2.08. The maximum Gasteiger partial charge on any atom is 0.232 e. The average molecular weight is 252 g/mol. The second-order valence-corrected chi connectivity index (χ2v) is 5.65. The van der Waals surface area contributed by atoms with Crippen LogP contribution in [-0.2, 0) is 16.4 Å². The Morgan fingerprint density at radius 3 is 2.47 bits per heavy atom. The van der Waals surface area contributed by atoms with E-state index in [1.54, 1.807) is 24.3 Å². The van der Waals surface area contributed by atoms with Gasteiger partial charge < -0.3 is 0 Å². The van der Waals surface area contributed by atoms with Gasteiger partial charge >= 0.3 is 0 Å². The van der Waals surface area contributed by atoms with Crippen molar-refractivity contribution >= 4 is 15.7 Å². The van der Waals surface area contributed by atoms with Gasteiger partial charge in [-0.3, -0.25) is 4.72 Å². The number of nitriles is 1. The molecule has 5 heteroatoms. The molecule has 1 N–H and O–H groups in total. The molecular formula is C12H16N2O2S. The molecule has 0 spiro atoms. The molecule has 0 aliphatic rings. The van der Waals surface area contributed by atoms with Crippen LogP contribution in [0.4, 0.5) is 5.69 Å². The lowest BCUT2D eigenvalue weighted by molar-refractivity contribution is 0.598. The van der Waals surface area contributed by atoms with Crippen molar-refractivity contribution < 1.29 is 8.42 Å². The summed E-state index contributed by atoms with van der Waals surface area (Å²) in [5.74, 6) is 0.142. The number of hydrogen-bond donors (Lipinski definition) is 1. The summed E-state index contributed by atoms with van der Waals surface area (Å²) in [6.07, 6.45) is 1.84. The molecule has 0 aliphatic carbocycles. The van der Waals surface area contributed by atoms with Gasteiger partial charge in [-0.2, -0.15) is 5.26 Å². The Hall–Kier alpha value is -1.54. The monoisotopic (exact) mass is 252 g/mol. The van der Waals surface area contributed by atoms with E-state index < -0.39 is 10.0 Å². The first-order chi connectivity index (χ1) is 8.07. The number of anilines is 1. The molecule has 0 amide bonds. The van der Waals surface area contributed by atoms with E-state index in [1.807, 2.05) is 13.0 Å². The molecule has 17 heavy (non-hydrogen) atoms. The van der Waals surface area contributed by atoms with Crippen molar-refractivity contribution in [3.8, 4) is 6.07 Å². The van der Waals surface area contributed by atoms with Crippen LogP contribution in [0.15, 0.2) is 24.3 Å². The molecule has 1 rings (SSSR count). The van der Waals surface area contributed by atoms with E-state index in [1.165, 1.54) is 0 Å². The Kier molecular flexibility index (Phi) is 4.98. The lowest BCUT2D eigenvalue weighted by Crippen LogP contribution is -2.16. The number of rotatable bonds is 6. The summed E-state index contributed by atoms with van der Waals surface area (Å²) in [6.45, 7) is 1.95. The number of unbranched alkanes of at least 4 members (excludes halogenated alkanes) is 1. The largest absolute Gasteiger partial charge is 0.284 e. The van der Waals surface area contributed by atoms with Gasteiger partial charge in [-0.1, -0.05) is 25.5 Å². The molecule has 0 unspecified atom stereocenters. The van der Waals surface area contributed by atoms with E-state index in [2.05, 4.69) is 4.72 Å². The first-order valence-electron chi connectivity index (χ1n) is 5.54. The first kappa shape index (κ1) is 13.5. The average Bonchev–Trinajstić information content (AvgIpc) is 2.29. The number of nitrogens with zero attached hydrogens (tertiary/aromatic N) is 1. The molecular weight excluding hydrogens is 236 g/mol. The van der Waals surface area contributed by atoms with Gasteiger partial charge in [-0.15, -0.1) is 0 Å². The smallest absolute Gasteiger partial charge is 0.232 e. The molecule has 0 bridgehead atoms. The fraction of sp³-hybridized carbons (Fsp3) is 0.417. The van der Waals surface area contributed by atoms with Crippen molar-refractivity contribution in [1.29, 1.82) is 5.26 Å². The van der Waals surface area contributed by atoms with Crippen molar-refractivity contribution in [1.82, 2.24) is 0 Å². The molecule has 0 radical (unpaired) electrons. The molecule has 92 valence electrons. The van der Waals surface area contributed by atoms with Crippen LogP contribution >= 0.6 is 0 Å². The van der Waals surface area contributed by atoms with Gasteiger partial charge in [0.25, 0.3) is 0 Å². The zero-order valence-electron chi connectivity index (χ0n) is 9.81. The minimum atomic E-state index is -3.24. The molecule has 0 saturated carbocycles. The van der Waals surface area contributed by atoms with Gasteiger partial charge in [-0.05, 0) is 24.1 Å². The maximum atomic E-state index is 11.6. The highest BCUT2D eigenvalue weighted by atomic mass is 32.2. The van der Waals surface area contributed by atoms with Gasteiger partial charge in [0, 0.05) is 5.69 Å². The van der Waals surface area contributed by atoms with Gasteiger partial charge in [0.15, 0.2) is 0 Å². The number of benzene rings is 1. The standard InChI is InChI=1S/C12H16N2O2S/c1-2-3-10-17(15,16)14-12-6-4-11(5-7-12)8-9-13/h4-7,14H,2-3,8,10H2,1H3. The molecule has 0 aromatic heterocycles. The van der Waals surface area contributed by atoms with Crippen molar-refractivity contribution in [2.75, 3.05) is 10.5 Å². The summed E-state index contributed by atoms with van der Waals surface area (Å²) in [5.41, 5.74) is 1.42. The maximum absolute atomic E-state index is 11.6. The van der Waals surface area contributed by atoms with E-state index in [0.29, 0.717) is 18.5 Å². The van der Waals surface area contributed by atoms with Crippen LogP contribution in [0.2, 0.25) is 0 Å². The highest BCUT2D eigenvalue weighted by Crippen LogP contribution is 2.12. The van der Waals surface area contributed by atoms with Gasteiger partial charge in [-0.25, -0.2) is 8.42 Å². The molecule has 0 aliphatic heterocycles. The molecule has 0 heterocycles. The second-order valence-electron chi connectivity index (χ2n) is 3.81. The van der Waals surface area contributed by atoms with Crippen LogP contribution in [0.1, 0.15) is 25.3 Å². The third-order valence-corrected chi connectivity index (χ3v) is 3.65. The van der Waals surface area contributed by atoms with E-state index in [4.69, 9.17) is 5.26 Å². The van der Waals surface area contributed by atoms with Gasteiger partial charge in [0.1, 0.15) is 0 Å². The quantitative estimate of drug-likeness (QED) is 0.844. The van der Waals surface area contributed by atoms with E-state index in [-0.39, 0.29) is 5.75 Å². The zero-order chi connectivity index (χ0) is 12.7. The lowest BCUT2D eigenvalue weighted by atomic mass is 10.1. The summed E-state index contributed by atoms with van der Waals surface area (Å²) >= 11 is 0. The van der Waals surface area contributed by atoms with Crippen LogP contribution in [0.3, 0.4) is 0 Å². The predicted molar refractivity (Wildman–Crippen MR) is 68.1 cm³/mol. The minimum Gasteiger partial charge on any atom is -0.284 e. The van der Waals surface area contributed by atoms with Crippen molar-refractivity contribution in [2.45, 2.75) is 26.2 Å². The summed E-state index contributed by atoms with van der Waals surface area (Å²) in [4.78, 5) is 0. The molecule has 4 nitrogen and oxygen atoms in total. The van der Waals surface area contributed by atoms with Crippen LogP contribution in [0.5, 0.6) is 0 Å². The van der Waals surface area contributed by atoms with E-state index in [9.17, 15) is 8.42 Å². The van der Waals surface area contributed by atoms with Crippen molar-refractivity contribution in [3.05, 3.63) is 29.8 Å². The summed E-state index contributed by atoms with van der Waals surface area (Å²) < 4.78 is 25.7. The fourth-order valence-electron chi connectivity index (χ4n) is 1.35. The highest BCUT2D eigenvalue weighted by molar-refractivity contribution is 7.92. The Labute approximate surface area is 102 Å². The van der Waals surface area contributed by atoms with Gasteiger partial charge in [0.05, 0.1) is 18.2 Å². The second kappa shape index (κ2) is 6.26. The van der Waals surface area contributed by atoms with Crippen molar-refractivity contribution in [2.24, 2.45) is 0 Å². The predicted octanol–water partition coefficient (Wildman–Crippen LogP) is 2.29. The van der Waals surface area contributed by atoms with E-state index >= 15 is 0 Å². The normalized spacial score (nSPS) is 10.8. The minimum absolute atomic E-state index is 0.142. The molecule has 1 aromatic carbocycles. The lowest BCUT2D eigenvalue weighted by Gasteiger charge is -2.07. The molecule has 0 saturated heterocycles. The van der Waals surface area contributed by atoms with Crippen LogP contribution in [0, 0.1) is 11.3 Å². The molecule has 0 fully saturated rings. The summed E-state index contributed by atoms with van der Waals surface area (Å²) in [6, 6.07) is 8.90. The Bertz CT molecular complexity index is 486. The number of nitrogens with one attached hydrogen (secondary N) is 1. The molecule has 1 aromatic rings. The number of sulfonamides is 1. The zero-order valence-corrected chi connectivity index (χ0v) is 10.6. The third-order valence-electron chi connectivity index (χ3n) is 2.28. The third kappa shape index (κ3) is 4.87. The van der Waals surface area contributed by atoms with Crippen LogP contribution in [0.25, 0.3) is 0 Å². The fourth-order valence-corrected chi connectivity index (χ4v) is 2.61. The Balaban J connectivity index is 2.66. The Morgan fingerprint density at radius 1 is 1.29 bits per heavy atom. The van der Waals surface area contributed by atoms with Gasteiger partial charge in [0.2, 0.25) is 10.0 Å². The molecule has 0 atom stereocenters. The van der Waals surface area contributed by atoms with Crippen molar-refractivity contribution in [3.63, 3.8) is 0 Å². The van der Waals surface area contributed by atoms with Crippen LogP contribution < -0.4 is 4.72 Å². The first-order valence-corrected chi connectivity index (χ1v) is 7.19. The summed E-state index contributed by atoms with van der Waals surface area (Å²) in [7, 11) is -3.24. The summed E-state index contributed by atoms with van der Waals surface area (Å²) in [5, 5.41) is 8.51.